The third-order valence-corrected chi connectivity index (χ3v) is 2.87. The van der Waals surface area contributed by atoms with Gasteiger partial charge in [-0.1, -0.05) is 27.2 Å². The Balaban J connectivity index is 3.61. The van der Waals surface area contributed by atoms with E-state index in [4.69, 9.17) is 10.2 Å². The highest BCUT2D eigenvalue weighted by Gasteiger charge is 2.26. The summed E-state index contributed by atoms with van der Waals surface area (Å²) in [5, 5.41) is 18.3. The fourth-order valence-electron chi connectivity index (χ4n) is 0.767. The van der Waals surface area contributed by atoms with Gasteiger partial charge in [0.15, 0.2) is 0 Å². The van der Waals surface area contributed by atoms with E-state index >= 15 is 0 Å². The lowest BCUT2D eigenvalue weighted by atomic mass is 9.99. The van der Waals surface area contributed by atoms with Crippen molar-refractivity contribution >= 4 is 22.6 Å². The first-order valence-corrected chi connectivity index (χ1v) is 5.05. The van der Waals surface area contributed by atoms with Crippen molar-refractivity contribution < 1.29 is 10.2 Å². The maximum absolute atomic E-state index is 9.14. The van der Waals surface area contributed by atoms with Crippen molar-refractivity contribution in [2.24, 2.45) is 11.8 Å². The van der Waals surface area contributed by atoms with Crippen LogP contribution in [0.15, 0.2) is 0 Å². The van der Waals surface area contributed by atoms with Gasteiger partial charge in [0.1, 0.15) is 0 Å². The van der Waals surface area contributed by atoms with Crippen molar-refractivity contribution in [1.29, 1.82) is 0 Å². The van der Waals surface area contributed by atoms with Crippen LogP contribution in [0, 0.1) is 11.8 Å². The summed E-state index contributed by atoms with van der Waals surface area (Å²) in [5.41, 5.74) is 0. The van der Waals surface area contributed by atoms with Crippen LogP contribution in [0.3, 0.4) is 0 Å². The third kappa shape index (κ3) is 5.87. The molecule has 1 atom stereocenters. The van der Waals surface area contributed by atoms with Crippen LogP contribution in [-0.4, -0.2) is 14.0 Å². The zero-order chi connectivity index (χ0) is 9.07. The quantitative estimate of drug-likeness (QED) is 0.467. The topological polar surface area (TPSA) is 40.5 Å². The minimum atomic E-state index is -1.54. The van der Waals surface area contributed by atoms with Gasteiger partial charge in [-0.2, -0.15) is 0 Å². The van der Waals surface area contributed by atoms with Crippen LogP contribution >= 0.6 is 22.6 Å². The molecule has 0 aliphatic heterocycles. The number of hydrogen-bond acceptors (Lipinski definition) is 2. The van der Waals surface area contributed by atoms with Gasteiger partial charge in [-0.3, -0.25) is 0 Å². The first-order chi connectivity index (χ1) is 4.84. The summed E-state index contributed by atoms with van der Waals surface area (Å²) in [7, 11) is 0. The SMILES string of the molecule is CC(C)CCC(C)C(O)(O)I. The predicted octanol–water partition coefficient (Wildman–Crippen LogP) is 2.13. The number of halogens is 1. The highest BCUT2D eigenvalue weighted by molar-refractivity contribution is 14.1. The second kappa shape index (κ2) is 4.62. The molecule has 0 aromatic rings. The van der Waals surface area contributed by atoms with Gasteiger partial charge in [-0.05, 0) is 34.9 Å². The maximum atomic E-state index is 9.14. The molecule has 0 bridgehead atoms. The maximum Gasteiger partial charge on any atom is 0.219 e. The first kappa shape index (κ1) is 11.6. The Kier molecular flexibility index (Phi) is 4.89. The molecule has 2 nitrogen and oxygen atoms in total. The molecule has 0 fully saturated rings. The summed E-state index contributed by atoms with van der Waals surface area (Å²) < 4.78 is -1.54. The normalized spacial score (nSPS) is 15.5. The van der Waals surface area contributed by atoms with Gasteiger partial charge < -0.3 is 10.2 Å². The van der Waals surface area contributed by atoms with E-state index in [1.165, 1.54) is 0 Å². The third-order valence-electron chi connectivity index (χ3n) is 1.80. The van der Waals surface area contributed by atoms with Gasteiger partial charge in [-0.25, -0.2) is 0 Å². The zero-order valence-corrected chi connectivity index (χ0v) is 9.50. The standard InChI is InChI=1S/C8H17IO2/c1-6(2)4-5-7(3)8(9,10)11/h6-7,10-11H,4-5H2,1-3H3. The van der Waals surface area contributed by atoms with E-state index in [0.29, 0.717) is 5.92 Å². The monoisotopic (exact) mass is 272 g/mol. The second-order valence-electron chi connectivity index (χ2n) is 3.51. The van der Waals surface area contributed by atoms with Gasteiger partial charge in [-0.15, -0.1) is 0 Å². The average molecular weight is 272 g/mol. The van der Waals surface area contributed by atoms with Gasteiger partial charge in [0.2, 0.25) is 3.79 Å². The Bertz CT molecular complexity index is 107. The lowest BCUT2D eigenvalue weighted by molar-refractivity contribution is -0.0992. The molecule has 0 amide bonds. The molecule has 0 heterocycles. The summed E-state index contributed by atoms with van der Waals surface area (Å²) in [6.45, 7) is 6.13. The Morgan fingerprint density at radius 1 is 1.18 bits per heavy atom. The lowest BCUT2D eigenvalue weighted by Crippen LogP contribution is -2.28. The molecule has 2 N–H and O–H groups in total. The fourth-order valence-corrected chi connectivity index (χ4v) is 1.08. The summed E-state index contributed by atoms with van der Waals surface area (Å²) in [6, 6.07) is 0. The smallest absolute Gasteiger partial charge is 0.219 e. The molecule has 68 valence electrons. The lowest BCUT2D eigenvalue weighted by Gasteiger charge is -2.22. The Morgan fingerprint density at radius 3 is 1.91 bits per heavy atom. The van der Waals surface area contributed by atoms with Crippen molar-refractivity contribution in [2.45, 2.75) is 37.4 Å². The van der Waals surface area contributed by atoms with Crippen molar-refractivity contribution in [3.8, 4) is 0 Å². The molecule has 3 heteroatoms. The van der Waals surface area contributed by atoms with Crippen LogP contribution in [-0.2, 0) is 0 Å². The van der Waals surface area contributed by atoms with E-state index in [9.17, 15) is 0 Å². The summed E-state index contributed by atoms with van der Waals surface area (Å²) in [6.07, 6.45) is 1.92. The molecule has 0 spiro atoms. The van der Waals surface area contributed by atoms with Crippen molar-refractivity contribution in [1.82, 2.24) is 0 Å². The molecule has 0 aromatic carbocycles. The van der Waals surface area contributed by atoms with Gasteiger partial charge in [0.25, 0.3) is 0 Å². The molecular formula is C8H17IO2. The number of rotatable bonds is 4. The van der Waals surface area contributed by atoms with Gasteiger partial charge >= 0.3 is 0 Å². The van der Waals surface area contributed by atoms with Gasteiger partial charge in [0.05, 0.1) is 0 Å². The van der Waals surface area contributed by atoms with E-state index in [2.05, 4.69) is 13.8 Å². The van der Waals surface area contributed by atoms with Crippen molar-refractivity contribution in [3.05, 3.63) is 0 Å². The molecule has 0 aromatic heterocycles. The summed E-state index contributed by atoms with van der Waals surface area (Å²) >= 11 is 1.66. The van der Waals surface area contributed by atoms with E-state index in [0.717, 1.165) is 12.8 Å². The summed E-state index contributed by atoms with van der Waals surface area (Å²) in [4.78, 5) is 0. The molecule has 11 heavy (non-hydrogen) atoms. The number of alkyl halides is 1. The molecule has 0 aliphatic rings. The molecular weight excluding hydrogens is 255 g/mol. The van der Waals surface area contributed by atoms with E-state index in [-0.39, 0.29) is 5.92 Å². The van der Waals surface area contributed by atoms with Gasteiger partial charge in [0, 0.05) is 5.92 Å². The molecule has 0 rings (SSSR count). The molecule has 0 saturated carbocycles. The highest BCUT2D eigenvalue weighted by atomic mass is 127. The van der Waals surface area contributed by atoms with E-state index in [1.807, 2.05) is 6.92 Å². The fraction of sp³-hybridized carbons (Fsp3) is 1.00. The average Bonchev–Trinajstić information content (AvgIpc) is 1.80. The van der Waals surface area contributed by atoms with Crippen LogP contribution in [0.2, 0.25) is 0 Å². The minimum absolute atomic E-state index is 0.0505. The molecule has 0 aliphatic carbocycles. The van der Waals surface area contributed by atoms with Crippen LogP contribution in [0.4, 0.5) is 0 Å². The Morgan fingerprint density at radius 2 is 1.64 bits per heavy atom. The molecule has 1 unspecified atom stereocenters. The highest BCUT2D eigenvalue weighted by Crippen LogP contribution is 2.26. The van der Waals surface area contributed by atoms with Crippen molar-refractivity contribution in [2.75, 3.05) is 0 Å². The Labute approximate surface area is 82.1 Å². The molecule has 0 saturated heterocycles. The molecule has 0 radical (unpaired) electrons. The minimum Gasteiger partial charge on any atom is -0.357 e. The predicted molar refractivity (Wildman–Crippen MR) is 54.4 cm³/mol. The first-order valence-electron chi connectivity index (χ1n) is 3.97. The van der Waals surface area contributed by atoms with E-state index in [1.54, 1.807) is 22.6 Å². The van der Waals surface area contributed by atoms with Crippen molar-refractivity contribution in [3.63, 3.8) is 0 Å². The number of hydrogen-bond donors (Lipinski definition) is 2. The summed E-state index contributed by atoms with van der Waals surface area (Å²) in [5.74, 6) is 0.585. The zero-order valence-electron chi connectivity index (χ0n) is 7.34. The number of aliphatic hydroxyl groups is 2. The van der Waals surface area contributed by atoms with Crippen LogP contribution in [0.5, 0.6) is 0 Å². The largest absolute Gasteiger partial charge is 0.357 e. The van der Waals surface area contributed by atoms with E-state index < -0.39 is 3.79 Å². The second-order valence-corrected chi connectivity index (χ2v) is 5.10. The Hall–Kier alpha value is 0.650. The van der Waals surface area contributed by atoms with Crippen LogP contribution in [0.1, 0.15) is 33.6 Å². The van der Waals surface area contributed by atoms with Crippen LogP contribution in [0.25, 0.3) is 0 Å². The van der Waals surface area contributed by atoms with Crippen LogP contribution < -0.4 is 0 Å².